The molecule has 2 rings (SSSR count). The number of benzene rings is 1. The molecule has 0 N–H and O–H groups in total. The Hall–Kier alpha value is -1.48. The molecule has 0 unspecified atom stereocenters. The number of aryl methyl sites for hydroxylation is 1. The molecule has 0 bridgehead atoms. The molecule has 0 spiro atoms. The molecule has 1 heterocycles. The van der Waals surface area contributed by atoms with E-state index in [9.17, 15) is 0 Å². The van der Waals surface area contributed by atoms with Gasteiger partial charge >= 0.3 is 0 Å². The number of thioether (sulfide) groups is 1. The Labute approximate surface area is 119 Å². The van der Waals surface area contributed by atoms with E-state index in [-0.39, 0.29) is 6.10 Å². The quantitative estimate of drug-likeness (QED) is 0.750. The second-order valence-corrected chi connectivity index (χ2v) is 5.77. The van der Waals surface area contributed by atoms with E-state index >= 15 is 0 Å². The van der Waals surface area contributed by atoms with Gasteiger partial charge in [0, 0.05) is 11.9 Å². The molecule has 100 valence electrons. The normalized spacial score (nSPS) is 10.7. The van der Waals surface area contributed by atoms with Gasteiger partial charge in [0.05, 0.1) is 11.1 Å². The van der Waals surface area contributed by atoms with E-state index < -0.39 is 0 Å². The van der Waals surface area contributed by atoms with Gasteiger partial charge in [-0.3, -0.25) is 0 Å². The highest BCUT2D eigenvalue weighted by Crippen LogP contribution is 2.23. The maximum Gasteiger partial charge on any atom is 0.119 e. The van der Waals surface area contributed by atoms with E-state index in [2.05, 4.69) is 29.2 Å². The van der Waals surface area contributed by atoms with E-state index in [1.54, 1.807) is 11.8 Å². The Morgan fingerprint density at radius 1 is 1.21 bits per heavy atom. The molecule has 1 aromatic heterocycles. The third kappa shape index (κ3) is 4.60. The summed E-state index contributed by atoms with van der Waals surface area (Å²) in [7, 11) is 0. The zero-order valence-corrected chi connectivity index (χ0v) is 12.4. The third-order valence-electron chi connectivity index (χ3n) is 2.54. The van der Waals surface area contributed by atoms with Crippen molar-refractivity contribution in [1.82, 2.24) is 4.98 Å². The standard InChI is InChI=1S/C16H19NOS/c1-12(2)18-15-6-4-5-14(9-15)11-19-16-8-7-13(3)10-17-16/h4-10,12H,11H2,1-3H3. The molecule has 3 heteroatoms. The largest absolute Gasteiger partial charge is 0.491 e. The summed E-state index contributed by atoms with van der Waals surface area (Å²) in [5.41, 5.74) is 2.45. The summed E-state index contributed by atoms with van der Waals surface area (Å²) in [5, 5.41) is 1.06. The van der Waals surface area contributed by atoms with Crippen molar-refractivity contribution in [3.8, 4) is 5.75 Å². The first kappa shape index (κ1) is 13.9. The average molecular weight is 273 g/mol. The van der Waals surface area contributed by atoms with Crippen LogP contribution in [0, 0.1) is 6.92 Å². The molecule has 2 nitrogen and oxygen atoms in total. The fraction of sp³-hybridized carbons (Fsp3) is 0.312. The summed E-state index contributed by atoms with van der Waals surface area (Å²) in [6.45, 7) is 6.13. The molecule has 19 heavy (non-hydrogen) atoms. The van der Waals surface area contributed by atoms with E-state index in [4.69, 9.17) is 4.74 Å². The third-order valence-corrected chi connectivity index (χ3v) is 3.56. The summed E-state index contributed by atoms with van der Waals surface area (Å²) < 4.78 is 5.70. The van der Waals surface area contributed by atoms with Crippen LogP contribution in [0.5, 0.6) is 5.75 Å². The lowest BCUT2D eigenvalue weighted by atomic mass is 10.2. The molecule has 0 saturated carbocycles. The molecule has 0 fully saturated rings. The Morgan fingerprint density at radius 3 is 2.74 bits per heavy atom. The number of ether oxygens (including phenoxy) is 1. The van der Waals surface area contributed by atoms with Crippen LogP contribution in [0.3, 0.4) is 0 Å². The SMILES string of the molecule is Cc1ccc(SCc2cccc(OC(C)C)c2)nc1. The minimum atomic E-state index is 0.210. The zero-order valence-electron chi connectivity index (χ0n) is 11.6. The van der Waals surface area contributed by atoms with Crippen molar-refractivity contribution in [2.45, 2.75) is 37.7 Å². The summed E-state index contributed by atoms with van der Waals surface area (Å²) in [4.78, 5) is 4.40. The predicted molar refractivity (Wildman–Crippen MR) is 80.7 cm³/mol. The Bertz CT molecular complexity index is 523. The minimum absolute atomic E-state index is 0.210. The fourth-order valence-corrected chi connectivity index (χ4v) is 2.46. The molecule has 0 amide bonds. The van der Waals surface area contributed by atoms with E-state index in [1.807, 2.05) is 39.1 Å². The van der Waals surface area contributed by atoms with Crippen molar-refractivity contribution >= 4 is 11.8 Å². The van der Waals surface area contributed by atoms with Gasteiger partial charge in [-0.15, -0.1) is 11.8 Å². The smallest absolute Gasteiger partial charge is 0.119 e. The van der Waals surface area contributed by atoms with Crippen LogP contribution in [-0.2, 0) is 5.75 Å². The lowest BCUT2D eigenvalue weighted by molar-refractivity contribution is 0.242. The molecule has 2 aromatic rings. The molecule has 0 aliphatic rings. The minimum Gasteiger partial charge on any atom is -0.491 e. The summed E-state index contributed by atoms with van der Waals surface area (Å²) >= 11 is 1.74. The van der Waals surface area contributed by atoms with E-state index in [1.165, 1.54) is 11.1 Å². The van der Waals surface area contributed by atoms with Crippen molar-refractivity contribution in [3.05, 3.63) is 53.7 Å². The van der Waals surface area contributed by atoms with Crippen LogP contribution in [0.25, 0.3) is 0 Å². The number of rotatable bonds is 5. The summed E-state index contributed by atoms with van der Waals surface area (Å²) in [6, 6.07) is 12.4. The summed E-state index contributed by atoms with van der Waals surface area (Å²) in [5.74, 6) is 1.84. The first-order valence-corrected chi connectivity index (χ1v) is 7.43. The Morgan fingerprint density at radius 2 is 2.05 bits per heavy atom. The zero-order chi connectivity index (χ0) is 13.7. The van der Waals surface area contributed by atoms with Gasteiger partial charge in [-0.05, 0) is 50.1 Å². The molecular weight excluding hydrogens is 254 g/mol. The van der Waals surface area contributed by atoms with Crippen LogP contribution >= 0.6 is 11.8 Å². The van der Waals surface area contributed by atoms with Crippen molar-refractivity contribution < 1.29 is 4.74 Å². The van der Waals surface area contributed by atoms with Crippen LogP contribution < -0.4 is 4.74 Å². The second kappa shape index (κ2) is 6.62. The monoisotopic (exact) mass is 273 g/mol. The average Bonchev–Trinajstić information content (AvgIpc) is 2.38. The van der Waals surface area contributed by atoms with Gasteiger partial charge in [0.2, 0.25) is 0 Å². The number of hydrogen-bond donors (Lipinski definition) is 0. The second-order valence-electron chi connectivity index (χ2n) is 4.78. The van der Waals surface area contributed by atoms with Crippen LogP contribution in [0.4, 0.5) is 0 Å². The van der Waals surface area contributed by atoms with Crippen molar-refractivity contribution in [2.75, 3.05) is 0 Å². The molecule has 0 radical (unpaired) electrons. The van der Waals surface area contributed by atoms with Gasteiger partial charge in [0.25, 0.3) is 0 Å². The maximum atomic E-state index is 5.70. The van der Waals surface area contributed by atoms with Gasteiger partial charge in [0.15, 0.2) is 0 Å². The van der Waals surface area contributed by atoms with Gasteiger partial charge in [-0.2, -0.15) is 0 Å². The molecule has 0 aliphatic carbocycles. The van der Waals surface area contributed by atoms with Gasteiger partial charge in [-0.1, -0.05) is 18.2 Å². The van der Waals surface area contributed by atoms with Gasteiger partial charge in [0.1, 0.15) is 5.75 Å². The first-order valence-electron chi connectivity index (χ1n) is 6.44. The van der Waals surface area contributed by atoms with Crippen molar-refractivity contribution in [1.29, 1.82) is 0 Å². The Kier molecular flexibility index (Phi) is 4.86. The molecular formula is C16H19NOS. The lowest BCUT2D eigenvalue weighted by Crippen LogP contribution is -2.05. The fourth-order valence-electron chi connectivity index (χ4n) is 1.68. The van der Waals surface area contributed by atoms with Crippen LogP contribution in [0.15, 0.2) is 47.6 Å². The molecule has 1 aromatic carbocycles. The van der Waals surface area contributed by atoms with E-state index in [0.29, 0.717) is 0 Å². The number of nitrogens with zero attached hydrogens (tertiary/aromatic N) is 1. The maximum absolute atomic E-state index is 5.70. The molecule has 0 saturated heterocycles. The highest BCUT2D eigenvalue weighted by Gasteiger charge is 2.01. The predicted octanol–water partition coefficient (Wildman–Crippen LogP) is 4.47. The number of aromatic nitrogens is 1. The Balaban J connectivity index is 1.97. The highest BCUT2D eigenvalue weighted by molar-refractivity contribution is 7.98. The van der Waals surface area contributed by atoms with Crippen LogP contribution in [-0.4, -0.2) is 11.1 Å². The summed E-state index contributed by atoms with van der Waals surface area (Å²) in [6.07, 6.45) is 2.11. The number of pyridine rings is 1. The highest BCUT2D eigenvalue weighted by atomic mass is 32.2. The molecule has 0 atom stereocenters. The lowest BCUT2D eigenvalue weighted by Gasteiger charge is -2.10. The molecule has 0 aliphatic heterocycles. The van der Waals surface area contributed by atoms with Crippen LogP contribution in [0.1, 0.15) is 25.0 Å². The topological polar surface area (TPSA) is 22.1 Å². The first-order chi connectivity index (χ1) is 9.13. The van der Waals surface area contributed by atoms with Gasteiger partial charge < -0.3 is 4.74 Å². The van der Waals surface area contributed by atoms with Gasteiger partial charge in [-0.25, -0.2) is 4.98 Å². The van der Waals surface area contributed by atoms with E-state index in [0.717, 1.165) is 16.5 Å². The van der Waals surface area contributed by atoms with Crippen LogP contribution in [0.2, 0.25) is 0 Å². The van der Waals surface area contributed by atoms with Crippen molar-refractivity contribution in [3.63, 3.8) is 0 Å². The van der Waals surface area contributed by atoms with Crippen molar-refractivity contribution in [2.24, 2.45) is 0 Å². The number of hydrogen-bond acceptors (Lipinski definition) is 3.